The fraction of sp³-hybridized carbons (Fsp3) is 0.429. The van der Waals surface area contributed by atoms with E-state index in [2.05, 4.69) is 27.6 Å². The van der Waals surface area contributed by atoms with Gasteiger partial charge in [-0.3, -0.25) is 0 Å². The van der Waals surface area contributed by atoms with Gasteiger partial charge in [-0.25, -0.2) is 0 Å². The molecule has 1 atom stereocenters. The van der Waals surface area contributed by atoms with Gasteiger partial charge in [-0.1, -0.05) is 47.0 Å². The van der Waals surface area contributed by atoms with E-state index in [1.807, 2.05) is 32.4 Å². The first-order chi connectivity index (χ1) is 10.3. The summed E-state index contributed by atoms with van der Waals surface area (Å²) in [5.74, 6) is 1.84. The van der Waals surface area contributed by atoms with Gasteiger partial charge in [0.25, 0.3) is 0 Å². The smallest absolute Gasteiger partial charge is 0.175 e. The Labute approximate surface area is 138 Å². The van der Waals surface area contributed by atoms with Crippen LogP contribution in [0, 0.1) is 0 Å². The fourth-order valence-electron chi connectivity index (χ4n) is 1.80. The summed E-state index contributed by atoms with van der Waals surface area (Å²) in [5.41, 5.74) is 1.25. The monoisotopic (exact) mass is 341 g/mol. The molecule has 0 spiro atoms. The molecule has 1 heterocycles. The molecule has 0 radical (unpaired) electrons. The van der Waals surface area contributed by atoms with Gasteiger partial charge in [0.15, 0.2) is 8.68 Å². The van der Waals surface area contributed by atoms with E-state index in [1.165, 1.54) is 5.56 Å². The second-order valence-electron chi connectivity index (χ2n) is 4.19. The summed E-state index contributed by atoms with van der Waals surface area (Å²) in [7, 11) is 1.98. The van der Waals surface area contributed by atoms with E-state index in [0.29, 0.717) is 6.61 Å². The minimum absolute atomic E-state index is 0.285. The number of nitrogens with zero attached hydrogens (tertiary/aromatic N) is 2. The molecule has 1 N–H and O–H groups in total. The zero-order valence-electron chi connectivity index (χ0n) is 12.3. The minimum atomic E-state index is 0.285. The Morgan fingerprint density at radius 2 is 1.95 bits per heavy atom. The van der Waals surface area contributed by atoms with Crippen LogP contribution in [0.2, 0.25) is 0 Å². The highest BCUT2D eigenvalue weighted by atomic mass is 32.2. The number of hydrogen-bond donors (Lipinski definition) is 1. The molecule has 1 unspecified atom stereocenters. The Bertz CT molecular complexity index is 545. The van der Waals surface area contributed by atoms with Crippen LogP contribution in [0.25, 0.3) is 0 Å². The number of benzene rings is 1. The molecule has 0 aliphatic carbocycles. The quantitative estimate of drug-likeness (QED) is 0.739. The van der Waals surface area contributed by atoms with E-state index in [4.69, 9.17) is 4.74 Å². The second-order valence-corrected chi connectivity index (χ2v) is 7.49. The van der Waals surface area contributed by atoms with Gasteiger partial charge in [0, 0.05) is 11.8 Å². The molecule has 0 aliphatic heterocycles. The summed E-state index contributed by atoms with van der Waals surface area (Å²) >= 11 is 5.02. The Morgan fingerprint density at radius 1 is 1.24 bits per heavy atom. The topological polar surface area (TPSA) is 47.0 Å². The van der Waals surface area contributed by atoms with Crippen molar-refractivity contribution in [1.82, 2.24) is 15.5 Å². The lowest BCUT2D eigenvalue weighted by Gasteiger charge is -2.16. The molecule has 2 rings (SSSR count). The highest BCUT2D eigenvalue weighted by Gasteiger charge is 2.12. The molecule has 21 heavy (non-hydrogen) atoms. The van der Waals surface area contributed by atoms with E-state index in [-0.39, 0.29) is 6.04 Å². The number of nitrogens with one attached hydrogen (secondary N) is 1. The van der Waals surface area contributed by atoms with Crippen molar-refractivity contribution >= 4 is 34.9 Å². The predicted octanol–water partition coefficient (Wildman–Crippen LogP) is 3.71. The van der Waals surface area contributed by atoms with Crippen LogP contribution in [0.5, 0.6) is 5.75 Å². The molecule has 4 nitrogen and oxygen atoms in total. The van der Waals surface area contributed by atoms with Crippen LogP contribution in [0.4, 0.5) is 0 Å². The van der Waals surface area contributed by atoms with Crippen molar-refractivity contribution in [2.75, 3.05) is 25.7 Å². The third kappa shape index (κ3) is 4.88. The van der Waals surface area contributed by atoms with Crippen molar-refractivity contribution in [3.05, 3.63) is 29.8 Å². The van der Waals surface area contributed by atoms with Gasteiger partial charge in [0.05, 0.1) is 6.61 Å². The van der Waals surface area contributed by atoms with Crippen LogP contribution in [0.3, 0.4) is 0 Å². The minimum Gasteiger partial charge on any atom is -0.494 e. The van der Waals surface area contributed by atoms with E-state index < -0.39 is 0 Å². The Balaban J connectivity index is 1.95. The summed E-state index contributed by atoms with van der Waals surface area (Å²) in [6.07, 6.45) is 2.02. The lowest BCUT2D eigenvalue weighted by molar-refractivity contribution is 0.340. The largest absolute Gasteiger partial charge is 0.494 e. The molecule has 114 valence electrons. The lowest BCUT2D eigenvalue weighted by atomic mass is 10.1. The fourth-order valence-corrected chi connectivity index (χ4v) is 4.41. The average Bonchev–Trinajstić information content (AvgIpc) is 2.98. The summed E-state index contributed by atoms with van der Waals surface area (Å²) in [6.45, 7) is 2.69. The van der Waals surface area contributed by atoms with Crippen LogP contribution < -0.4 is 10.1 Å². The molecule has 0 saturated heterocycles. The zero-order valence-corrected chi connectivity index (χ0v) is 14.8. The molecule has 2 aromatic rings. The predicted molar refractivity (Wildman–Crippen MR) is 91.8 cm³/mol. The van der Waals surface area contributed by atoms with E-state index in [0.717, 1.165) is 20.2 Å². The van der Waals surface area contributed by atoms with Crippen LogP contribution in [0.1, 0.15) is 18.5 Å². The normalized spacial score (nSPS) is 12.3. The molecular weight excluding hydrogens is 322 g/mol. The number of rotatable bonds is 8. The summed E-state index contributed by atoms with van der Waals surface area (Å²) in [6, 6.07) is 8.54. The third-order valence-electron chi connectivity index (χ3n) is 2.88. The van der Waals surface area contributed by atoms with Gasteiger partial charge in [-0.05, 0) is 37.9 Å². The molecule has 0 amide bonds. The molecule has 0 bridgehead atoms. The van der Waals surface area contributed by atoms with E-state index >= 15 is 0 Å². The highest BCUT2D eigenvalue weighted by molar-refractivity contribution is 8.02. The standard InChI is InChI=1S/C14H19N3OS3/c1-4-18-11-7-5-10(6-8-11)12(15-2)9-20-14-17-16-13(19-3)21-14/h5-8,12,15H,4,9H2,1-3H3. The van der Waals surface area contributed by atoms with Gasteiger partial charge in [0.2, 0.25) is 0 Å². The number of ether oxygens (including phenoxy) is 1. The Morgan fingerprint density at radius 3 is 2.52 bits per heavy atom. The lowest BCUT2D eigenvalue weighted by Crippen LogP contribution is -2.18. The van der Waals surface area contributed by atoms with Crippen LogP contribution in [-0.4, -0.2) is 35.9 Å². The van der Waals surface area contributed by atoms with Gasteiger partial charge in [0.1, 0.15) is 5.75 Å². The van der Waals surface area contributed by atoms with E-state index in [1.54, 1.807) is 34.9 Å². The van der Waals surface area contributed by atoms with Crippen LogP contribution in [-0.2, 0) is 0 Å². The van der Waals surface area contributed by atoms with Crippen LogP contribution in [0.15, 0.2) is 32.9 Å². The maximum Gasteiger partial charge on any atom is 0.175 e. The molecule has 0 saturated carbocycles. The summed E-state index contributed by atoms with van der Waals surface area (Å²) in [5, 5.41) is 11.7. The maximum atomic E-state index is 5.47. The first-order valence-corrected chi connectivity index (χ1v) is 9.69. The van der Waals surface area contributed by atoms with Crippen molar-refractivity contribution in [1.29, 1.82) is 0 Å². The van der Waals surface area contributed by atoms with Gasteiger partial charge in [-0.2, -0.15) is 0 Å². The summed E-state index contributed by atoms with van der Waals surface area (Å²) in [4.78, 5) is 0. The van der Waals surface area contributed by atoms with Crippen molar-refractivity contribution < 1.29 is 4.74 Å². The molecule has 7 heteroatoms. The van der Waals surface area contributed by atoms with Gasteiger partial charge >= 0.3 is 0 Å². The van der Waals surface area contributed by atoms with Crippen molar-refractivity contribution in [3.63, 3.8) is 0 Å². The molecule has 0 aliphatic rings. The first-order valence-electron chi connectivity index (χ1n) is 6.67. The Hall–Kier alpha value is -0.760. The summed E-state index contributed by atoms with van der Waals surface area (Å²) < 4.78 is 7.51. The highest BCUT2D eigenvalue weighted by Crippen LogP contribution is 2.30. The average molecular weight is 342 g/mol. The number of hydrogen-bond acceptors (Lipinski definition) is 7. The number of aromatic nitrogens is 2. The van der Waals surface area contributed by atoms with E-state index in [9.17, 15) is 0 Å². The van der Waals surface area contributed by atoms with Gasteiger partial charge in [-0.15, -0.1) is 10.2 Å². The molecule has 0 fully saturated rings. The Kier molecular flexibility index (Phi) is 6.82. The SMILES string of the molecule is CCOc1ccc(C(CSc2nnc(SC)s2)NC)cc1. The van der Waals surface area contributed by atoms with Crippen LogP contribution >= 0.6 is 34.9 Å². The number of thioether (sulfide) groups is 2. The van der Waals surface area contributed by atoms with Crippen molar-refractivity contribution in [3.8, 4) is 5.75 Å². The third-order valence-corrected chi connectivity index (χ3v) is 6.00. The molecule has 1 aromatic carbocycles. The first kappa shape index (κ1) is 16.6. The maximum absolute atomic E-state index is 5.47. The van der Waals surface area contributed by atoms with Gasteiger partial charge < -0.3 is 10.1 Å². The van der Waals surface area contributed by atoms with Crippen molar-refractivity contribution in [2.24, 2.45) is 0 Å². The second kappa shape index (κ2) is 8.63. The molecule has 1 aromatic heterocycles. The zero-order chi connectivity index (χ0) is 15.1. The van der Waals surface area contributed by atoms with Crippen molar-refractivity contribution in [2.45, 2.75) is 21.6 Å². The molecular formula is C14H19N3OS3.